The molecule has 0 N–H and O–H groups in total. The van der Waals surface area contributed by atoms with Crippen molar-refractivity contribution in [3.05, 3.63) is 78.5 Å². The average molecular weight is 388 g/mol. The molecule has 0 radical (unpaired) electrons. The number of para-hydroxylation sites is 1. The molecule has 2 heterocycles. The number of piperazine rings is 1. The quantitative estimate of drug-likeness (QED) is 0.633. The van der Waals surface area contributed by atoms with Gasteiger partial charge in [0.1, 0.15) is 5.82 Å². The number of anilines is 3. The van der Waals surface area contributed by atoms with Crippen LogP contribution in [0.2, 0.25) is 0 Å². The zero-order valence-electron chi connectivity index (χ0n) is 17.3. The topological polar surface area (TPSA) is 35.5 Å². The van der Waals surface area contributed by atoms with E-state index in [4.69, 9.17) is 4.98 Å². The van der Waals surface area contributed by atoms with Gasteiger partial charge in [0.2, 0.25) is 5.95 Å². The van der Waals surface area contributed by atoms with Crippen LogP contribution in [0.15, 0.2) is 72.9 Å². The van der Waals surface area contributed by atoms with Crippen molar-refractivity contribution in [3.63, 3.8) is 0 Å². The first-order valence-corrected chi connectivity index (χ1v) is 10.4. The second kappa shape index (κ2) is 8.95. The number of hydrogen-bond donors (Lipinski definition) is 0. The highest BCUT2D eigenvalue weighted by Gasteiger charge is 2.20. The summed E-state index contributed by atoms with van der Waals surface area (Å²) < 4.78 is 0. The molecule has 0 spiro atoms. The molecule has 0 atom stereocenters. The summed E-state index contributed by atoms with van der Waals surface area (Å²) in [4.78, 5) is 16.6. The number of aromatic nitrogens is 2. The fourth-order valence-corrected chi connectivity index (χ4v) is 3.75. The highest BCUT2D eigenvalue weighted by molar-refractivity contribution is 5.50. The molecule has 29 heavy (non-hydrogen) atoms. The number of rotatable bonds is 6. The Morgan fingerprint density at radius 3 is 2.10 bits per heavy atom. The van der Waals surface area contributed by atoms with E-state index >= 15 is 0 Å². The van der Waals surface area contributed by atoms with Crippen molar-refractivity contribution in [2.45, 2.75) is 26.4 Å². The molecule has 3 aromatic rings. The molecule has 0 saturated carbocycles. The van der Waals surface area contributed by atoms with Crippen LogP contribution in [-0.2, 0) is 6.54 Å². The Morgan fingerprint density at radius 1 is 0.828 bits per heavy atom. The van der Waals surface area contributed by atoms with Gasteiger partial charge in [0.25, 0.3) is 0 Å². The molecule has 1 aromatic heterocycles. The zero-order chi connectivity index (χ0) is 20.1. The maximum atomic E-state index is 4.93. The Bertz CT molecular complexity index is 889. The Labute approximate surface area is 173 Å². The van der Waals surface area contributed by atoms with Crippen molar-refractivity contribution in [2.75, 3.05) is 40.9 Å². The van der Waals surface area contributed by atoms with E-state index in [2.05, 4.69) is 94.2 Å². The molecule has 1 fully saturated rings. The van der Waals surface area contributed by atoms with Crippen LogP contribution < -0.4 is 14.7 Å². The second-order valence-electron chi connectivity index (χ2n) is 7.73. The maximum Gasteiger partial charge on any atom is 0.227 e. The van der Waals surface area contributed by atoms with Crippen LogP contribution in [0.1, 0.15) is 19.4 Å². The summed E-state index contributed by atoms with van der Waals surface area (Å²) in [5, 5.41) is 0. The standard InChI is InChI=1S/C24H29N5/c1-20(2)29(19-21-9-5-3-6-10-21)24-25-14-13-23(26-24)28-17-15-27(16-18-28)22-11-7-4-8-12-22/h3-14,20H,15-19H2,1-2H3. The van der Waals surface area contributed by atoms with Gasteiger partial charge in [0, 0.05) is 50.6 Å². The van der Waals surface area contributed by atoms with E-state index in [1.165, 1.54) is 11.3 Å². The largest absolute Gasteiger partial charge is 0.368 e. The van der Waals surface area contributed by atoms with E-state index in [9.17, 15) is 0 Å². The first-order valence-electron chi connectivity index (χ1n) is 10.4. The van der Waals surface area contributed by atoms with Gasteiger partial charge in [-0.3, -0.25) is 0 Å². The summed E-state index contributed by atoms with van der Waals surface area (Å²) in [6, 6.07) is 23.5. The second-order valence-corrected chi connectivity index (χ2v) is 7.73. The van der Waals surface area contributed by atoms with Crippen molar-refractivity contribution in [3.8, 4) is 0 Å². The third-order valence-electron chi connectivity index (χ3n) is 5.43. The minimum atomic E-state index is 0.320. The zero-order valence-corrected chi connectivity index (χ0v) is 17.3. The van der Waals surface area contributed by atoms with Crippen LogP contribution in [-0.4, -0.2) is 42.2 Å². The molecule has 150 valence electrons. The highest BCUT2D eigenvalue weighted by Crippen LogP contribution is 2.22. The SMILES string of the molecule is CC(C)N(Cc1ccccc1)c1nccc(N2CCN(c3ccccc3)CC2)n1. The Kier molecular flexibility index (Phi) is 5.94. The van der Waals surface area contributed by atoms with E-state index in [1.807, 2.05) is 12.3 Å². The Morgan fingerprint density at radius 2 is 1.45 bits per heavy atom. The van der Waals surface area contributed by atoms with E-state index in [0.29, 0.717) is 6.04 Å². The first-order chi connectivity index (χ1) is 14.2. The van der Waals surface area contributed by atoms with Crippen LogP contribution in [0, 0.1) is 0 Å². The normalized spacial score (nSPS) is 14.3. The number of benzene rings is 2. The summed E-state index contributed by atoms with van der Waals surface area (Å²) in [6.07, 6.45) is 1.89. The molecule has 5 heteroatoms. The van der Waals surface area contributed by atoms with Gasteiger partial charge in [-0.2, -0.15) is 4.98 Å². The highest BCUT2D eigenvalue weighted by atomic mass is 15.3. The third-order valence-corrected chi connectivity index (χ3v) is 5.43. The van der Waals surface area contributed by atoms with Gasteiger partial charge in [-0.25, -0.2) is 4.98 Å². The first kappa shape index (κ1) is 19.2. The van der Waals surface area contributed by atoms with Gasteiger partial charge in [0.05, 0.1) is 0 Å². The molecule has 2 aromatic carbocycles. The monoisotopic (exact) mass is 387 g/mol. The lowest BCUT2D eigenvalue weighted by atomic mass is 10.2. The molecule has 0 amide bonds. The molecule has 0 bridgehead atoms. The molecule has 1 saturated heterocycles. The van der Waals surface area contributed by atoms with Crippen LogP contribution in [0.4, 0.5) is 17.5 Å². The Balaban J connectivity index is 1.47. The van der Waals surface area contributed by atoms with Crippen molar-refractivity contribution < 1.29 is 0 Å². The van der Waals surface area contributed by atoms with E-state index in [-0.39, 0.29) is 0 Å². The molecular weight excluding hydrogens is 358 g/mol. The van der Waals surface area contributed by atoms with Crippen LogP contribution in [0.5, 0.6) is 0 Å². The van der Waals surface area contributed by atoms with Crippen LogP contribution in [0.25, 0.3) is 0 Å². The van der Waals surface area contributed by atoms with Crippen LogP contribution >= 0.6 is 0 Å². The fourth-order valence-electron chi connectivity index (χ4n) is 3.75. The van der Waals surface area contributed by atoms with Crippen molar-refractivity contribution in [2.24, 2.45) is 0 Å². The predicted octanol–water partition coefficient (Wildman–Crippen LogP) is 4.22. The summed E-state index contributed by atoms with van der Waals surface area (Å²) in [7, 11) is 0. The smallest absolute Gasteiger partial charge is 0.227 e. The molecule has 0 unspecified atom stereocenters. The molecule has 4 rings (SSSR count). The van der Waals surface area contributed by atoms with Gasteiger partial charge in [-0.15, -0.1) is 0 Å². The van der Waals surface area contributed by atoms with E-state index in [0.717, 1.165) is 44.5 Å². The van der Waals surface area contributed by atoms with Gasteiger partial charge < -0.3 is 14.7 Å². The van der Waals surface area contributed by atoms with E-state index < -0.39 is 0 Å². The molecular formula is C24H29N5. The molecule has 0 aliphatic carbocycles. The van der Waals surface area contributed by atoms with Gasteiger partial charge in [0.15, 0.2) is 0 Å². The average Bonchev–Trinajstić information content (AvgIpc) is 2.79. The molecule has 5 nitrogen and oxygen atoms in total. The number of nitrogens with zero attached hydrogens (tertiary/aromatic N) is 5. The number of hydrogen-bond acceptors (Lipinski definition) is 5. The molecule has 1 aliphatic rings. The lowest BCUT2D eigenvalue weighted by Gasteiger charge is -2.37. The minimum absolute atomic E-state index is 0.320. The van der Waals surface area contributed by atoms with Crippen molar-refractivity contribution >= 4 is 17.5 Å². The van der Waals surface area contributed by atoms with Gasteiger partial charge in [-0.1, -0.05) is 48.5 Å². The lowest BCUT2D eigenvalue weighted by molar-refractivity contribution is 0.637. The van der Waals surface area contributed by atoms with Crippen LogP contribution in [0.3, 0.4) is 0 Å². The lowest BCUT2D eigenvalue weighted by Crippen LogP contribution is -2.47. The predicted molar refractivity (Wildman–Crippen MR) is 121 cm³/mol. The summed E-state index contributed by atoms with van der Waals surface area (Å²) in [5.74, 6) is 1.81. The third kappa shape index (κ3) is 4.67. The summed E-state index contributed by atoms with van der Waals surface area (Å²) in [6.45, 7) is 9.12. The van der Waals surface area contributed by atoms with Gasteiger partial charge >= 0.3 is 0 Å². The summed E-state index contributed by atoms with van der Waals surface area (Å²) >= 11 is 0. The van der Waals surface area contributed by atoms with Crippen molar-refractivity contribution in [1.29, 1.82) is 0 Å². The van der Waals surface area contributed by atoms with Gasteiger partial charge in [-0.05, 0) is 37.6 Å². The fraction of sp³-hybridized carbons (Fsp3) is 0.333. The Hall–Kier alpha value is -3.08. The van der Waals surface area contributed by atoms with E-state index in [1.54, 1.807) is 0 Å². The summed E-state index contributed by atoms with van der Waals surface area (Å²) in [5.41, 5.74) is 2.57. The molecule has 1 aliphatic heterocycles. The minimum Gasteiger partial charge on any atom is -0.368 e. The van der Waals surface area contributed by atoms with Crippen molar-refractivity contribution in [1.82, 2.24) is 9.97 Å². The maximum absolute atomic E-state index is 4.93.